The molecule has 128 valence electrons. The van der Waals surface area contributed by atoms with E-state index in [0.29, 0.717) is 12.0 Å². The van der Waals surface area contributed by atoms with Gasteiger partial charge < -0.3 is 10.1 Å². The van der Waals surface area contributed by atoms with E-state index in [2.05, 4.69) is 17.4 Å². The molecular formula is C21H21NO3. The Kier molecular flexibility index (Phi) is 3.83. The van der Waals surface area contributed by atoms with Crippen LogP contribution < -0.4 is 5.32 Å². The lowest BCUT2D eigenvalue weighted by atomic mass is 9.86. The van der Waals surface area contributed by atoms with Gasteiger partial charge in [-0.15, -0.1) is 0 Å². The van der Waals surface area contributed by atoms with Gasteiger partial charge in [0.1, 0.15) is 0 Å². The summed E-state index contributed by atoms with van der Waals surface area (Å²) in [6, 6.07) is 15.5. The van der Waals surface area contributed by atoms with Crippen molar-refractivity contribution < 1.29 is 14.3 Å². The molecule has 4 heteroatoms. The lowest BCUT2D eigenvalue weighted by Crippen LogP contribution is -2.52. The van der Waals surface area contributed by atoms with Gasteiger partial charge in [0.25, 0.3) is 5.91 Å². The lowest BCUT2D eigenvalue weighted by molar-refractivity contribution is -0.140. The van der Waals surface area contributed by atoms with Gasteiger partial charge in [-0.2, -0.15) is 0 Å². The molecule has 2 aromatic rings. The molecule has 0 aromatic heterocycles. The number of ether oxygens (including phenoxy) is 1. The number of hydrogen-bond donors (Lipinski definition) is 1. The molecule has 1 amide bonds. The largest absolute Gasteiger partial charge is 0.445 e. The summed E-state index contributed by atoms with van der Waals surface area (Å²) in [5, 5.41) is 3.12. The maximum atomic E-state index is 13.0. The Morgan fingerprint density at radius 2 is 1.84 bits per heavy atom. The van der Waals surface area contributed by atoms with Gasteiger partial charge in [-0.1, -0.05) is 42.5 Å². The molecule has 1 aliphatic carbocycles. The molecule has 0 saturated heterocycles. The minimum Gasteiger partial charge on any atom is -0.445 e. The fourth-order valence-electron chi connectivity index (χ4n) is 3.87. The van der Waals surface area contributed by atoms with Crippen molar-refractivity contribution in [3.63, 3.8) is 0 Å². The van der Waals surface area contributed by atoms with E-state index in [1.807, 2.05) is 30.3 Å². The molecule has 2 atom stereocenters. The first kappa shape index (κ1) is 15.9. The Morgan fingerprint density at radius 1 is 1.12 bits per heavy atom. The van der Waals surface area contributed by atoms with E-state index in [-0.39, 0.29) is 11.9 Å². The highest BCUT2D eigenvalue weighted by atomic mass is 16.6. The topological polar surface area (TPSA) is 55.4 Å². The maximum Gasteiger partial charge on any atom is 0.339 e. The molecule has 4 rings (SSSR count). The number of benzene rings is 2. The fourth-order valence-corrected chi connectivity index (χ4v) is 3.87. The molecule has 0 bridgehead atoms. The van der Waals surface area contributed by atoms with Crippen molar-refractivity contribution in [2.24, 2.45) is 0 Å². The maximum absolute atomic E-state index is 13.0. The SMILES string of the molecule is C[C@]1(C(=O)N[C@H]2CCCc3ccccc32)Cc2ccccc2C(=O)O1. The van der Waals surface area contributed by atoms with Crippen LogP contribution in [0.2, 0.25) is 0 Å². The summed E-state index contributed by atoms with van der Waals surface area (Å²) in [6.07, 6.45) is 3.39. The van der Waals surface area contributed by atoms with Crippen LogP contribution in [0.5, 0.6) is 0 Å². The van der Waals surface area contributed by atoms with Crippen LogP contribution in [0.25, 0.3) is 0 Å². The van der Waals surface area contributed by atoms with Gasteiger partial charge in [-0.05, 0) is 48.9 Å². The summed E-state index contributed by atoms with van der Waals surface area (Å²) >= 11 is 0. The number of rotatable bonds is 2. The second kappa shape index (κ2) is 6.03. The molecule has 25 heavy (non-hydrogen) atoms. The van der Waals surface area contributed by atoms with Gasteiger partial charge in [0.05, 0.1) is 11.6 Å². The minimum absolute atomic E-state index is 0.0230. The third-order valence-corrected chi connectivity index (χ3v) is 5.24. The number of fused-ring (bicyclic) bond motifs is 2. The molecule has 1 N–H and O–H groups in total. The number of nitrogens with one attached hydrogen (secondary N) is 1. The highest BCUT2D eigenvalue weighted by molar-refractivity contribution is 5.97. The molecule has 2 aliphatic rings. The second-order valence-electron chi connectivity index (χ2n) is 7.07. The smallest absolute Gasteiger partial charge is 0.339 e. The van der Waals surface area contributed by atoms with Crippen molar-refractivity contribution in [3.05, 3.63) is 70.8 Å². The molecule has 0 spiro atoms. The van der Waals surface area contributed by atoms with Crippen LogP contribution in [-0.2, 0) is 22.4 Å². The zero-order valence-corrected chi connectivity index (χ0v) is 14.2. The minimum atomic E-state index is -1.17. The number of amides is 1. The van der Waals surface area contributed by atoms with E-state index in [9.17, 15) is 9.59 Å². The van der Waals surface area contributed by atoms with Crippen molar-refractivity contribution in [3.8, 4) is 0 Å². The van der Waals surface area contributed by atoms with Gasteiger partial charge in [0.2, 0.25) is 0 Å². The van der Waals surface area contributed by atoms with E-state index >= 15 is 0 Å². The Morgan fingerprint density at radius 3 is 2.68 bits per heavy atom. The molecule has 0 unspecified atom stereocenters. The van der Waals surface area contributed by atoms with Crippen LogP contribution in [0.1, 0.15) is 52.9 Å². The first-order chi connectivity index (χ1) is 12.1. The summed E-state index contributed by atoms with van der Waals surface area (Å²) in [7, 11) is 0. The monoisotopic (exact) mass is 335 g/mol. The van der Waals surface area contributed by atoms with E-state index in [1.54, 1.807) is 13.0 Å². The van der Waals surface area contributed by atoms with E-state index in [1.165, 1.54) is 11.1 Å². The van der Waals surface area contributed by atoms with Crippen molar-refractivity contribution in [2.45, 2.75) is 44.2 Å². The summed E-state index contributed by atoms with van der Waals surface area (Å²) < 4.78 is 5.54. The fraction of sp³-hybridized carbons (Fsp3) is 0.333. The average Bonchev–Trinajstić information content (AvgIpc) is 2.62. The predicted octanol–water partition coefficient (Wildman–Crippen LogP) is 3.35. The Balaban J connectivity index is 1.57. The number of cyclic esters (lactones) is 1. The van der Waals surface area contributed by atoms with Crippen LogP contribution >= 0.6 is 0 Å². The highest BCUT2D eigenvalue weighted by Gasteiger charge is 2.43. The number of hydrogen-bond acceptors (Lipinski definition) is 3. The number of aryl methyl sites for hydroxylation is 1. The molecule has 4 nitrogen and oxygen atoms in total. The van der Waals surface area contributed by atoms with Gasteiger partial charge in [0.15, 0.2) is 5.60 Å². The van der Waals surface area contributed by atoms with Gasteiger partial charge in [-0.3, -0.25) is 4.79 Å². The standard InChI is InChI=1S/C21H21NO3/c1-21(13-15-8-3-5-11-17(15)19(23)25-21)20(24)22-18-12-6-9-14-7-2-4-10-16(14)18/h2-5,7-8,10-11,18H,6,9,12-13H2,1H3,(H,22,24)/t18-,21+/m0/s1. The first-order valence-electron chi connectivity index (χ1n) is 8.77. The zero-order chi connectivity index (χ0) is 17.4. The van der Waals surface area contributed by atoms with Crippen molar-refractivity contribution in [1.82, 2.24) is 5.32 Å². The predicted molar refractivity (Wildman–Crippen MR) is 94.2 cm³/mol. The van der Waals surface area contributed by atoms with E-state index < -0.39 is 11.6 Å². The Labute approximate surface area is 147 Å². The molecule has 0 radical (unpaired) electrons. The lowest BCUT2D eigenvalue weighted by Gasteiger charge is -2.35. The molecule has 2 aromatic carbocycles. The summed E-state index contributed by atoms with van der Waals surface area (Å²) in [5.41, 5.74) is 2.71. The van der Waals surface area contributed by atoms with Crippen molar-refractivity contribution in [1.29, 1.82) is 0 Å². The molecular weight excluding hydrogens is 314 g/mol. The van der Waals surface area contributed by atoms with Gasteiger partial charge >= 0.3 is 5.97 Å². The molecule has 1 aliphatic heterocycles. The molecule has 1 heterocycles. The quantitative estimate of drug-likeness (QED) is 0.856. The van der Waals surface area contributed by atoms with Crippen molar-refractivity contribution in [2.75, 3.05) is 0 Å². The summed E-state index contributed by atoms with van der Waals surface area (Å²) in [4.78, 5) is 25.3. The van der Waals surface area contributed by atoms with Gasteiger partial charge in [0, 0.05) is 6.42 Å². The third-order valence-electron chi connectivity index (χ3n) is 5.24. The Bertz CT molecular complexity index is 845. The highest BCUT2D eigenvalue weighted by Crippen LogP contribution is 2.32. The third kappa shape index (κ3) is 2.82. The van der Waals surface area contributed by atoms with Crippen LogP contribution in [-0.4, -0.2) is 17.5 Å². The van der Waals surface area contributed by atoms with E-state index in [0.717, 1.165) is 24.8 Å². The molecule has 0 saturated carbocycles. The average molecular weight is 335 g/mol. The summed E-state index contributed by atoms with van der Waals surface area (Å²) in [5.74, 6) is -0.652. The van der Waals surface area contributed by atoms with E-state index in [4.69, 9.17) is 4.74 Å². The normalized spacial score (nSPS) is 24.7. The van der Waals surface area contributed by atoms with Crippen LogP contribution in [0.3, 0.4) is 0 Å². The zero-order valence-electron chi connectivity index (χ0n) is 14.2. The van der Waals surface area contributed by atoms with Crippen LogP contribution in [0.4, 0.5) is 0 Å². The number of esters is 1. The first-order valence-corrected chi connectivity index (χ1v) is 8.77. The second-order valence-corrected chi connectivity index (χ2v) is 7.07. The number of carbonyl (C=O) groups is 2. The molecule has 0 fully saturated rings. The summed E-state index contributed by atoms with van der Waals surface area (Å²) in [6.45, 7) is 1.70. The van der Waals surface area contributed by atoms with Gasteiger partial charge in [-0.25, -0.2) is 4.79 Å². The number of carbonyl (C=O) groups excluding carboxylic acids is 2. The van der Waals surface area contributed by atoms with Crippen LogP contribution in [0, 0.1) is 0 Å². The van der Waals surface area contributed by atoms with Crippen LogP contribution in [0.15, 0.2) is 48.5 Å². The Hall–Kier alpha value is -2.62. The van der Waals surface area contributed by atoms with Crippen molar-refractivity contribution >= 4 is 11.9 Å².